The van der Waals surface area contributed by atoms with E-state index in [0.717, 1.165) is 24.3 Å². The van der Waals surface area contributed by atoms with Crippen LogP contribution < -0.4 is 15.7 Å². The molecule has 0 fully saturated rings. The fraction of sp³-hybridized carbons (Fsp3) is 0.273. The Morgan fingerprint density at radius 1 is 1.16 bits per heavy atom. The van der Waals surface area contributed by atoms with E-state index < -0.39 is 29.6 Å². The molecule has 3 aromatic rings. The van der Waals surface area contributed by atoms with Crippen molar-refractivity contribution in [1.29, 1.82) is 0 Å². The molecule has 0 spiro atoms. The van der Waals surface area contributed by atoms with Gasteiger partial charge in [-0.15, -0.1) is 0 Å². The molecule has 0 bridgehead atoms. The summed E-state index contributed by atoms with van der Waals surface area (Å²) in [5.41, 5.74) is 0.129. The summed E-state index contributed by atoms with van der Waals surface area (Å²) < 4.78 is 63.6. The predicted molar refractivity (Wildman–Crippen MR) is 105 cm³/mol. The van der Waals surface area contributed by atoms with Crippen LogP contribution in [0.3, 0.4) is 0 Å². The van der Waals surface area contributed by atoms with Gasteiger partial charge in [0.25, 0.3) is 0 Å². The van der Waals surface area contributed by atoms with Gasteiger partial charge in [0.2, 0.25) is 5.91 Å². The topological polar surface area (TPSA) is 68.5 Å². The molecule has 1 N–H and O–H groups in total. The number of hydrogen-bond donors (Lipinski definition) is 1. The van der Waals surface area contributed by atoms with E-state index in [2.05, 4.69) is 0 Å². The molecule has 164 valence electrons. The number of ether oxygens (including phenoxy) is 1. The average molecular weight is 437 g/mol. The minimum atomic E-state index is -4.77. The maximum absolute atomic E-state index is 13.4. The highest BCUT2D eigenvalue weighted by molar-refractivity contribution is 5.83. The Balaban J connectivity index is 1.78. The molecule has 0 saturated carbocycles. The first-order valence-corrected chi connectivity index (χ1v) is 9.32. The second-order valence-electron chi connectivity index (χ2n) is 6.95. The fourth-order valence-electron chi connectivity index (χ4n) is 3.27. The Labute approximate surface area is 174 Å². The summed E-state index contributed by atoms with van der Waals surface area (Å²) in [5, 5.41) is 2.55. The Kier molecular flexibility index (Phi) is 6.33. The number of hydrogen-bond acceptors (Lipinski definition) is 4. The summed E-state index contributed by atoms with van der Waals surface area (Å²) in [4.78, 5) is 24.6. The van der Waals surface area contributed by atoms with Crippen molar-refractivity contribution in [1.82, 2.24) is 5.32 Å². The van der Waals surface area contributed by atoms with Crippen molar-refractivity contribution in [2.45, 2.75) is 32.0 Å². The zero-order valence-electron chi connectivity index (χ0n) is 16.7. The van der Waals surface area contributed by atoms with Gasteiger partial charge < -0.3 is 14.5 Å². The van der Waals surface area contributed by atoms with Gasteiger partial charge in [0.05, 0.1) is 7.11 Å². The maximum Gasteiger partial charge on any atom is 0.412 e. The van der Waals surface area contributed by atoms with Gasteiger partial charge in [-0.25, -0.2) is 9.18 Å². The van der Waals surface area contributed by atoms with Gasteiger partial charge >= 0.3 is 11.8 Å². The molecule has 0 aliphatic heterocycles. The summed E-state index contributed by atoms with van der Waals surface area (Å²) in [6.07, 6.45) is -5.23. The highest BCUT2D eigenvalue weighted by Crippen LogP contribution is 2.33. The van der Waals surface area contributed by atoms with Crippen LogP contribution >= 0.6 is 0 Å². The van der Waals surface area contributed by atoms with E-state index in [9.17, 15) is 27.2 Å². The highest BCUT2D eigenvalue weighted by Gasteiger charge is 2.41. The fourth-order valence-corrected chi connectivity index (χ4v) is 3.27. The molecular weight excluding hydrogens is 418 g/mol. The van der Waals surface area contributed by atoms with E-state index in [4.69, 9.17) is 9.15 Å². The monoisotopic (exact) mass is 437 g/mol. The Morgan fingerprint density at radius 2 is 1.84 bits per heavy atom. The summed E-state index contributed by atoms with van der Waals surface area (Å²) in [6.45, 7) is 1.68. The summed E-state index contributed by atoms with van der Waals surface area (Å²) in [6, 6.07) is 6.34. The first kappa shape index (κ1) is 22.3. The number of carbonyl (C=O) groups is 1. The third-order valence-corrected chi connectivity index (χ3v) is 4.93. The molecule has 9 heteroatoms. The molecule has 0 saturated heterocycles. The molecule has 0 aliphatic carbocycles. The molecule has 3 rings (SSSR count). The first-order chi connectivity index (χ1) is 14.6. The van der Waals surface area contributed by atoms with Gasteiger partial charge in [0.1, 0.15) is 17.1 Å². The molecule has 0 radical (unpaired) electrons. The Morgan fingerprint density at radius 3 is 2.45 bits per heavy atom. The van der Waals surface area contributed by atoms with Crippen LogP contribution in [0.15, 0.2) is 51.7 Å². The zero-order chi connectivity index (χ0) is 22.8. The van der Waals surface area contributed by atoms with Crippen LogP contribution in [0.25, 0.3) is 11.0 Å². The van der Waals surface area contributed by atoms with Gasteiger partial charge in [-0.1, -0.05) is 12.1 Å². The van der Waals surface area contributed by atoms with Crippen molar-refractivity contribution in [3.8, 4) is 5.75 Å². The SMILES string of the molecule is COc1ccc2c(C)c(CCC(=O)NC(c3ccc(F)cc3)C(F)(F)F)c(=O)oc2c1. The number of nitrogens with one attached hydrogen (secondary N) is 1. The average Bonchev–Trinajstić information content (AvgIpc) is 2.71. The molecule has 1 amide bonds. The predicted octanol–water partition coefficient (Wildman–Crippen LogP) is 4.60. The standard InChI is InChI=1S/C22H19F4NO4/c1-12-16-8-7-15(30-2)11-18(16)31-21(29)17(12)9-10-19(28)27-20(22(24,25)26)13-3-5-14(23)6-4-13/h3-8,11,20H,9-10H2,1-2H3,(H,27,28). The molecule has 2 aromatic carbocycles. The number of halogens is 4. The maximum atomic E-state index is 13.4. The van der Waals surface area contributed by atoms with Crippen molar-refractivity contribution in [3.63, 3.8) is 0 Å². The second kappa shape index (κ2) is 8.79. The minimum absolute atomic E-state index is 0.101. The summed E-state index contributed by atoms with van der Waals surface area (Å²) in [7, 11) is 1.47. The molecule has 5 nitrogen and oxygen atoms in total. The quantitative estimate of drug-likeness (QED) is 0.452. The van der Waals surface area contributed by atoms with Crippen molar-refractivity contribution in [2.75, 3.05) is 7.11 Å². The van der Waals surface area contributed by atoms with Gasteiger partial charge in [-0.05, 0) is 48.7 Å². The van der Waals surface area contributed by atoms with Crippen LogP contribution in [-0.2, 0) is 11.2 Å². The van der Waals surface area contributed by atoms with Crippen molar-refractivity contribution in [2.24, 2.45) is 0 Å². The molecular formula is C22H19F4NO4. The second-order valence-corrected chi connectivity index (χ2v) is 6.95. The zero-order valence-corrected chi connectivity index (χ0v) is 16.7. The highest BCUT2D eigenvalue weighted by atomic mass is 19.4. The van der Waals surface area contributed by atoms with E-state index in [1.54, 1.807) is 25.1 Å². The number of rotatable bonds is 6. The molecule has 1 heterocycles. The van der Waals surface area contributed by atoms with E-state index >= 15 is 0 Å². The van der Waals surface area contributed by atoms with Gasteiger partial charge in [-0.2, -0.15) is 13.2 Å². The number of methoxy groups -OCH3 is 1. The smallest absolute Gasteiger partial charge is 0.412 e. The molecule has 1 unspecified atom stereocenters. The number of aryl methyl sites for hydroxylation is 1. The van der Waals surface area contributed by atoms with Crippen molar-refractivity contribution < 1.29 is 31.5 Å². The van der Waals surface area contributed by atoms with E-state index in [0.29, 0.717) is 22.3 Å². The third-order valence-electron chi connectivity index (χ3n) is 4.93. The van der Waals surface area contributed by atoms with E-state index in [-0.39, 0.29) is 24.0 Å². The van der Waals surface area contributed by atoms with Crippen LogP contribution in [0, 0.1) is 12.7 Å². The van der Waals surface area contributed by atoms with Crippen LogP contribution in [0.4, 0.5) is 17.6 Å². The minimum Gasteiger partial charge on any atom is -0.497 e. The van der Waals surface area contributed by atoms with Gasteiger partial charge in [0.15, 0.2) is 6.04 Å². The van der Waals surface area contributed by atoms with Crippen LogP contribution in [0.2, 0.25) is 0 Å². The van der Waals surface area contributed by atoms with E-state index in [1.807, 2.05) is 5.32 Å². The lowest BCUT2D eigenvalue weighted by Gasteiger charge is -2.22. The number of alkyl halides is 3. The van der Waals surface area contributed by atoms with Crippen LogP contribution in [0.5, 0.6) is 5.75 Å². The van der Waals surface area contributed by atoms with Gasteiger partial charge in [0, 0.05) is 23.4 Å². The summed E-state index contributed by atoms with van der Waals surface area (Å²) >= 11 is 0. The van der Waals surface area contributed by atoms with Gasteiger partial charge in [-0.3, -0.25) is 4.79 Å². The third kappa shape index (κ3) is 5.04. The molecule has 31 heavy (non-hydrogen) atoms. The Bertz CT molecular complexity index is 1150. The number of amides is 1. The van der Waals surface area contributed by atoms with Crippen molar-refractivity contribution >= 4 is 16.9 Å². The molecule has 0 aliphatic rings. The van der Waals surface area contributed by atoms with Crippen LogP contribution in [0.1, 0.15) is 29.2 Å². The van der Waals surface area contributed by atoms with Crippen molar-refractivity contribution in [3.05, 3.63) is 75.4 Å². The lowest BCUT2D eigenvalue weighted by molar-refractivity contribution is -0.163. The lowest BCUT2D eigenvalue weighted by Crippen LogP contribution is -2.38. The van der Waals surface area contributed by atoms with E-state index in [1.165, 1.54) is 7.11 Å². The first-order valence-electron chi connectivity index (χ1n) is 9.32. The van der Waals surface area contributed by atoms with Crippen LogP contribution in [-0.4, -0.2) is 19.2 Å². The molecule has 1 aromatic heterocycles. The number of carbonyl (C=O) groups excluding carboxylic acids is 1. The Hall–Kier alpha value is -3.36. The largest absolute Gasteiger partial charge is 0.497 e. The summed E-state index contributed by atoms with van der Waals surface area (Å²) in [5.74, 6) is -1.09. The number of fused-ring (bicyclic) bond motifs is 1. The normalized spacial score (nSPS) is 12.6. The number of benzene rings is 2. The molecule has 1 atom stereocenters. The lowest BCUT2D eigenvalue weighted by atomic mass is 10.0.